The fraction of sp³-hybridized carbons (Fsp3) is 0.542. The van der Waals surface area contributed by atoms with E-state index in [1.54, 1.807) is 12.0 Å². The summed E-state index contributed by atoms with van der Waals surface area (Å²) in [6, 6.07) is 3.97. The number of aryl methyl sites for hydroxylation is 1. The SMILES string of the molecule is COc1cc2c(cc1CN1CCC(c3nc(C)c4c(n3)N(C)C(=O)CC4)CC1)OCCO2. The van der Waals surface area contributed by atoms with Crippen molar-refractivity contribution in [1.29, 1.82) is 0 Å². The third kappa shape index (κ3) is 3.88. The van der Waals surface area contributed by atoms with Crippen LogP contribution in [-0.2, 0) is 17.8 Å². The van der Waals surface area contributed by atoms with Crippen LogP contribution in [-0.4, -0.2) is 61.2 Å². The van der Waals surface area contributed by atoms with Crippen LogP contribution in [0.3, 0.4) is 0 Å². The molecule has 0 spiro atoms. The van der Waals surface area contributed by atoms with Crippen molar-refractivity contribution in [1.82, 2.24) is 14.9 Å². The Kier molecular flexibility index (Phi) is 5.63. The average molecular weight is 439 g/mol. The Labute approximate surface area is 188 Å². The van der Waals surface area contributed by atoms with Crippen LogP contribution in [0.2, 0.25) is 0 Å². The number of piperidine rings is 1. The van der Waals surface area contributed by atoms with E-state index < -0.39 is 0 Å². The third-order valence-electron chi connectivity index (χ3n) is 6.78. The highest BCUT2D eigenvalue weighted by Gasteiger charge is 2.29. The first-order valence-corrected chi connectivity index (χ1v) is 11.4. The number of amides is 1. The van der Waals surface area contributed by atoms with Gasteiger partial charge >= 0.3 is 0 Å². The molecule has 0 bridgehead atoms. The molecule has 1 amide bonds. The van der Waals surface area contributed by atoms with Gasteiger partial charge in [-0.25, -0.2) is 9.97 Å². The largest absolute Gasteiger partial charge is 0.496 e. The highest BCUT2D eigenvalue weighted by atomic mass is 16.6. The molecule has 0 saturated carbocycles. The van der Waals surface area contributed by atoms with Gasteiger partial charge in [0.2, 0.25) is 5.91 Å². The molecule has 0 radical (unpaired) electrons. The molecule has 170 valence electrons. The molecule has 0 unspecified atom stereocenters. The van der Waals surface area contributed by atoms with E-state index >= 15 is 0 Å². The molecule has 32 heavy (non-hydrogen) atoms. The molecule has 2 aromatic rings. The van der Waals surface area contributed by atoms with E-state index in [4.69, 9.17) is 24.2 Å². The van der Waals surface area contributed by atoms with Gasteiger partial charge < -0.3 is 14.2 Å². The van der Waals surface area contributed by atoms with Crippen molar-refractivity contribution in [2.45, 2.75) is 45.1 Å². The van der Waals surface area contributed by atoms with Gasteiger partial charge in [0, 0.05) is 48.8 Å². The Morgan fingerprint density at radius 3 is 2.53 bits per heavy atom. The van der Waals surface area contributed by atoms with Crippen LogP contribution in [0.5, 0.6) is 17.2 Å². The minimum absolute atomic E-state index is 0.129. The van der Waals surface area contributed by atoms with E-state index in [2.05, 4.69) is 4.90 Å². The van der Waals surface area contributed by atoms with Gasteiger partial charge in [-0.1, -0.05) is 0 Å². The lowest BCUT2D eigenvalue weighted by atomic mass is 9.94. The van der Waals surface area contributed by atoms with Crippen molar-refractivity contribution in [3.63, 3.8) is 0 Å². The first kappa shape index (κ1) is 21.0. The van der Waals surface area contributed by atoms with Crippen LogP contribution >= 0.6 is 0 Å². The molecule has 0 aliphatic carbocycles. The topological polar surface area (TPSA) is 77.0 Å². The zero-order valence-electron chi connectivity index (χ0n) is 19.0. The predicted octanol–water partition coefficient (Wildman–Crippen LogP) is 2.85. The van der Waals surface area contributed by atoms with Crippen molar-refractivity contribution in [3.05, 3.63) is 34.8 Å². The molecule has 4 heterocycles. The molecule has 1 saturated heterocycles. The summed E-state index contributed by atoms with van der Waals surface area (Å²) in [6.07, 6.45) is 3.25. The summed E-state index contributed by atoms with van der Waals surface area (Å²) in [4.78, 5) is 26.0. The maximum absolute atomic E-state index is 12.1. The van der Waals surface area contributed by atoms with Crippen LogP contribution in [0, 0.1) is 6.92 Å². The first-order valence-electron chi connectivity index (χ1n) is 11.4. The van der Waals surface area contributed by atoms with E-state index in [0.29, 0.717) is 25.6 Å². The highest BCUT2D eigenvalue weighted by Crippen LogP contribution is 2.38. The zero-order valence-corrected chi connectivity index (χ0v) is 19.0. The lowest BCUT2D eigenvalue weighted by Gasteiger charge is -2.33. The molecule has 3 aliphatic rings. The predicted molar refractivity (Wildman–Crippen MR) is 120 cm³/mol. The van der Waals surface area contributed by atoms with Crippen LogP contribution < -0.4 is 19.1 Å². The molecule has 1 aromatic carbocycles. The number of fused-ring (bicyclic) bond motifs is 2. The number of carbonyl (C=O) groups excluding carboxylic acids is 1. The van der Waals surface area contributed by atoms with Crippen molar-refractivity contribution in [3.8, 4) is 17.2 Å². The number of hydrogen-bond acceptors (Lipinski definition) is 7. The van der Waals surface area contributed by atoms with E-state index in [1.807, 2.05) is 26.1 Å². The van der Waals surface area contributed by atoms with Gasteiger partial charge in [0.05, 0.1) is 7.11 Å². The maximum atomic E-state index is 12.1. The summed E-state index contributed by atoms with van der Waals surface area (Å²) >= 11 is 0. The number of likely N-dealkylation sites (tertiary alicyclic amines) is 1. The number of carbonyl (C=O) groups is 1. The lowest BCUT2D eigenvalue weighted by molar-refractivity contribution is -0.118. The molecule has 3 aliphatic heterocycles. The van der Waals surface area contributed by atoms with Crippen molar-refractivity contribution < 1.29 is 19.0 Å². The van der Waals surface area contributed by atoms with Crippen LogP contribution in [0.25, 0.3) is 0 Å². The van der Waals surface area contributed by atoms with E-state index in [-0.39, 0.29) is 5.91 Å². The summed E-state index contributed by atoms with van der Waals surface area (Å²) in [5.74, 6) is 4.48. The highest BCUT2D eigenvalue weighted by molar-refractivity contribution is 5.94. The summed E-state index contributed by atoms with van der Waals surface area (Å²) in [5, 5.41) is 0. The summed E-state index contributed by atoms with van der Waals surface area (Å²) < 4.78 is 17.1. The van der Waals surface area contributed by atoms with Gasteiger partial charge in [-0.15, -0.1) is 0 Å². The minimum atomic E-state index is 0.129. The molecule has 0 atom stereocenters. The molecule has 8 nitrogen and oxygen atoms in total. The van der Waals surface area contributed by atoms with E-state index in [0.717, 1.165) is 84.6 Å². The Morgan fingerprint density at radius 2 is 1.81 bits per heavy atom. The van der Waals surface area contributed by atoms with E-state index in [9.17, 15) is 4.79 Å². The van der Waals surface area contributed by atoms with Gasteiger partial charge in [-0.2, -0.15) is 0 Å². The Hall–Kier alpha value is -2.87. The maximum Gasteiger partial charge on any atom is 0.228 e. The Morgan fingerprint density at radius 1 is 1.09 bits per heavy atom. The number of anilines is 1. The molecule has 1 fully saturated rings. The average Bonchev–Trinajstić information content (AvgIpc) is 2.81. The van der Waals surface area contributed by atoms with Gasteiger partial charge in [0.1, 0.15) is 30.6 Å². The number of hydrogen-bond donors (Lipinski definition) is 0. The molecule has 8 heteroatoms. The van der Waals surface area contributed by atoms with Crippen molar-refractivity contribution >= 4 is 11.7 Å². The number of benzene rings is 1. The zero-order chi connectivity index (χ0) is 22.2. The van der Waals surface area contributed by atoms with Crippen molar-refractivity contribution in [2.75, 3.05) is 45.4 Å². The molecule has 0 N–H and O–H groups in total. The number of nitrogens with zero attached hydrogens (tertiary/aromatic N) is 4. The van der Waals surface area contributed by atoms with Gasteiger partial charge in [0.15, 0.2) is 11.5 Å². The minimum Gasteiger partial charge on any atom is -0.496 e. The third-order valence-corrected chi connectivity index (χ3v) is 6.78. The summed E-state index contributed by atoms with van der Waals surface area (Å²) in [6.45, 7) is 5.89. The Balaban J connectivity index is 1.28. The Bertz CT molecular complexity index is 1030. The quantitative estimate of drug-likeness (QED) is 0.726. The molecular formula is C24H30N4O4. The summed E-state index contributed by atoms with van der Waals surface area (Å²) in [7, 11) is 3.51. The first-order chi connectivity index (χ1) is 15.5. The second-order valence-electron chi connectivity index (χ2n) is 8.78. The smallest absolute Gasteiger partial charge is 0.228 e. The van der Waals surface area contributed by atoms with Crippen LogP contribution in [0.1, 0.15) is 47.8 Å². The monoisotopic (exact) mass is 438 g/mol. The number of ether oxygens (including phenoxy) is 3. The molecule has 5 rings (SSSR count). The molecule has 1 aromatic heterocycles. The van der Waals surface area contributed by atoms with Gasteiger partial charge in [-0.3, -0.25) is 14.6 Å². The lowest BCUT2D eigenvalue weighted by Crippen LogP contribution is -2.35. The van der Waals surface area contributed by atoms with Gasteiger partial charge in [-0.05, 0) is 45.3 Å². The standard InChI is InChI=1S/C24H30N4O4/c1-15-18-4-5-22(29)27(2)24(18)26-23(25-15)16-6-8-28(9-7-16)14-17-12-20-21(13-19(17)30-3)32-11-10-31-20/h12-13,16H,4-11,14H2,1-3H3. The fourth-order valence-corrected chi connectivity index (χ4v) is 4.89. The van der Waals surface area contributed by atoms with Gasteiger partial charge in [0.25, 0.3) is 0 Å². The molecular weight excluding hydrogens is 408 g/mol. The van der Waals surface area contributed by atoms with Crippen LogP contribution in [0.4, 0.5) is 5.82 Å². The van der Waals surface area contributed by atoms with Crippen molar-refractivity contribution in [2.24, 2.45) is 0 Å². The fourth-order valence-electron chi connectivity index (χ4n) is 4.89. The number of aromatic nitrogens is 2. The second-order valence-corrected chi connectivity index (χ2v) is 8.78. The van der Waals surface area contributed by atoms with E-state index in [1.165, 1.54) is 0 Å². The number of rotatable bonds is 4. The summed E-state index contributed by atoms with van der Waals surface area (Å²) in [5.41, 5.74) is 3.22. The second kappa shape index (κ2) is 8.58. The normalized spacial score (nSPS) is 19.1. The number of methoxy groups -OCH3 is 1. The van der Waals surface area contributed by atoms with Crippen LogP contribution in [0.15, 0.2) is 12.1 Å².